The van der Waals surface area contributed by atoms with Gasteiger partial charge in [-0.25, -0.2) is 4.39 Å². The monoisotopic (exact) mass is 346 g/mol. The SMILES string of the molecule is CCCCNCC(=O)N1CCc2sccc2C1c1ccc(F)cc1. The summed E-state index contributed by atoms with van der Waals surface area (Å²) in [6.45, 7) is 4.07. The Morgan fingerprint density at radius 1 is 1.33 bits per heavy atom. The summed E-state index contributed by atoms with van der Waals surface area (Å²) in [4.78, 5) is 16.0. The van der Waals surface area contributed by atoms with Gasteiger partial charge in [0.05, 0.1) is 12.6 Å². The smallest absolute Gasteiger partial charge is 0.237 e. The van der Waals surface area contributed by atoms with Gasteiger partial charge in [0.25, 0.3) is 0 Å². The van der Waals surface area contributed by atoms with Crippen LogP contribution in [0.25, 0.3) is 0 Å². The van der Waals surface area contributed by atoms with Crippen LogP contribution in [0.2, 0.25) is 0 Å². The summed E-state index contributed by atoms with van der Waals surface area (Å²) in [6.07, 6.45) is 3.08. The second-order valence-corrected chi connectivity index (χ2v) is 7.12. The molecule has 0 fully saturated rings. The first-order valence-corrected chi connectivity index (χ1v) is 9.40. The van der Waals surface area contributed by atoms with E-state index in [2.05, 4.69) is 23.7 Å². The number of benzene rings is 1. The summed E-state index contributed by atoms with van der Waals surface area (Å²) in [7, 11) is 0. The van der Waals surface area contributed by atoms with E-state index in [9.17, 15) is 9.18 Å². The van der Waals surface area contributed by atoms with E-state index in [0.29, 0.717) is 13.1 Å². The average Bonchev–Trinajstić information content (AvgIpc) is 3.07. The van der Waals surface area contributed by atoms with Gasteiger partial charge in [-0.2, -0.15) is 0 Å². The average molecular weight is 346 g/mol. The van der Waals surface area contributed by atoms with Crippen LogP contribution in [-0.4, -0.2) is 30.4 Å². The van der Waals surface area contributed by atoms with E-state index >= 15 is 0 Å². The molecule has 1 atom stereocenters. The van der Waals surface area contributed by atoms with E-state index in [1.807, 2.05) is 4.90 Å². The lowest BCUT2D eigenvalue weighted by Gasteiger charge is -2.36. The fourth-order valence-electron chi connectivity index (χ4n) is 3.19. The lowest BCUT2D eigenvalue weighted by Crippen LogP contribution is -2.44. The summed E-state index contributed by atoms with van der Waals surface area (Å²) >= 11 is 1.74. The Balaban J connectivity index is 1.82. The first-order valence-electron chi connectivity index (χ1n) is 8.52. The van der Waals surface area contributed by atoms with Gasteiger partial charge in [0.2, 0.25) is 5.91 Å². The number of thiophene rings is 1. The zero-order valence-electron chi connectivity index (χ0n) is 13.9. The molecule has 1 N–H and O–H groups in total. The third kappa shape index (κ3) is 3.68. The number of carbonyl (C=O) groups is 1. The highest BCUT2D eigenvalue weighted by atomic mass is 32.1. The van der Waals surface area contributed by atoms with Crippen LogP contribution in [0, 0.1) is 5.82 Å². The van der Waals surface area contributed by atoms with Crippen LogP contribution in [-0.2, 0) is 11.2 Å². The van der Waals surface area contributed by atoms with Crippen molar-refractivity contribution in [3.05, 3.63) is 57.5 Å². The lowest BCUT2D eigenvalue weighted by molar-refractivity contribution is -0.132. The maximum absolute atomic E-state index is 13.3. The van der Waals surface area contributed by atoms with Crippen LogP contribution in [0.15, 0.2) is 35.7 Å². The van der Waals surface area contributed by atoms with Gasteiger partial charge in [0.15, 0.2) is 0 Å². The van der Waals surface area contributed by atoms with E-state index in [-0.39, 0.29) is 17.8 Å². The van der Waals surface area contributed by atoms with Crippen LogP contribution in [0.3, 0.4) is 0 Å². The van der Waals surface area contributed by atoms with Gasteiger partial charge in [-0.15, -0.1) is 11.3 Å². The van der Waals surface area contributed by atoms with Crippen LogP contribution in [0.5, 0.6) is 0 Å². The predicted octanol–water partition coefficient (Wildman–Crippen LogP) is 3.75. The largest absolute Gasteiger partial charge is 0.330 e. The van der Waals surface area contributed by atoms with Gasteiger partial charge in [-0.3, -0.25) is 4.79 Å². The molecule has 128 valence electrons. The van der Waals surface area contributed by atoms with Crippen molar-refractivity contribution in [2.75, 3.05) is 19.6 Å². The number of nitrogens with zero attached hydrogens (tertiary/aromatic N) is 1. The number of carbonyl (C=O) groups excluding carboxylic acids is 1. The first-order chi connectivity index (χ1) is 11.7. The Morgan fingerprint density at radius 2 is 2.12 bits per heavy atom. The van der Waals surface area contributed by atoms with E-state index in [4.69, 9.17) is 0 Å². The number of hydrogen-bond donors (Lipinski definition) is 1. The van der Waals surface area contributed by atoms with Crippen LogP contribution >= 0.6 is 11.3 Å². The molecule has 0 spiro atoms. The third-order valence-corrected chi connectivity index (χ3v) is 5.45. The summed E-state index contributed by atoms with van der Waals surface area (Å²) in [6, 6.07) is 8.50. The Bertz CT molecular complexity index is 683. The highest BCUT2D eigenvalue weighted by Gasteiger charge is 2.32. The molecule has 1 unspecified atom stereocenters. The van der Waals surface area contributed by atoms with Crippen molar-refractivity contribution in [2.45, 2.75) is 32.2 Å². The first kappa shape index (κ1) is 17.1. The third-order valence-electron chi connectivity index (χ3n) is 4.46. The summed E-state index contributed by atoms with van der Waals surface area (Å²) in [5.74, 6) is -0.142. The normalized spacial score (nSPS) is 16.9. The van der Waals surface area contributed by atoms with Gasteiger partial charge in [-0.1, -0.05) is 25.5 Å². The predicted molar refractivity (Wildman–Crippen MR) is 95.8 cm³/mol. The van der Waals surface area contributed by atoms with E-state index < -0.39 is 0 Å². The number of fused-ring (bicyclic) bond motifs is 1. The molecule has 0 saturated carbocycles. The molecule has 1 amide bonds. The Hall–Kier alpha value is -1.72. The molecule has 1 aromatic carbocycles. The maximum Gasteiger partial charge on any atom is 0.237 e. The molecule has 0 radical (unpaired) electrons. The topological polar surface area (TPSA) is 32.3 Å². The minimum atomic E-state index is -0.251. The molecule has 1 aliphatic heterocycles. The number of nitrogens with one attached hydrogen (secondary N) is 1. The minimum absolute atomic E-state index is 0.109. The zero-order valence-corrected chi connectivity index (χ0v) is 14.7. The Kier molecular flexibility index (Phi) is 5.63. The highest BCUT2D eigenvalue weighted by molar-refractivity contribution is 7.10. The van der Waals surface area contributed by atoms with Crippen molar-refractivity contribution in [2.24, 2.45) is 0 Å². The van der Waals surface area contributed by atoms with Gasteiger partial charge in [0.1, 0.15) is 5.82 Å². The van der Waals surface area contributed by atoms with E-state index in [1.165, 1.54) is 22.6 Å². The van der Waals surface area contributed by atoms with Crippen molar-refractivity contribution >= 4 is 17.2 Å². The molecule has 2 aromatic rings. The van der Waals surface area contributed by atoms with E-state index in [0.717, 1.165) is 31.4 Å². The molecule has 0 bridgehead atoms. The molecule has 24 heavy (non-hydrogen) atoms. The summed E-state index contributed by atoms with van der Waals surface area (Å²) in [5.41, 5.74) is 2.15. The molecule has 3 nitrogen and oxygen atoms in total. The zero-order chi connectivity index (χ0) is 16.9. The summed E-state index contributed by atoms with van der Waals surface area (Å²) in [5, 5.41) is 5.31. The van der Waals surface area contributed by atoms with Crippen molar-refractivity contribution in [1.29, 1.82) is 0 Å². The van der Waals surface area contributed by atoms with Gasteiger partial charge >= 0.3 is 0 Å². The molecule has 2 heterocycles. The number of hydrogen-bond acceptors (Lipinski definition) is 3. The summed E-state index contributed by atoms with van der Waals surface area (Å²) < 4.78 is 13.3. The second-order valence-electron chi connectivity index (χ2n) is 6.12. The molecule has 1 aromatic heterocycles. The molecule has 3 rings (SSSR count). The Labute approximate surface area is 146 Å². The van der Waals surface area contributed by atoms with Crippen molar-refractivity contribution in [1.82, 2.24) is 10.2 Å². The minimum Gasteiger partial charge on any atom is -0.330 e. The number of amides is 1. The quantitative estimate of drug-likeness (QED) is 0.808. The molecule has 0 aliphatic carbocycles. The molecular weight excluding hydrogens is 323 g/mol. The molecule has 0 saturated heterocycles. The second kappa shape index (κ2) is 7.90. The molecule has 5 heteroatoms. The lowest BCUT2D eigenvalue weighted by atomic mass is 9.93. The fraction of sp³-hybridized carbons (Fsp3) is 0.421. The van der Waals surface area contributed by atoms with Crippen molar-refractivity contribution in [3.63, 3.8) is 0 Å². The van der Waals surface area contributed by atoms with Crippen molar-refractivity contribution in [3.8, 4) is 0 Å². The van der Waals surface area contributed by atoms with Gasteiger partial charge < -0.3 is 10.2 Å². The van der Waals surface area contributed by atoms with E-state index in [1.54, 1.807) is 23.5 Å². The highest BCUT2D eigenvalue weighted by Crippen LogP contribution is 2.37. The van der Waals surface area contributed by atoms with Crippen LogP contribution in [0.4, 0.5) is 4.39 Å². The van der Waals surface area contributed by atoms with Crippen LogP contribution < -0.4 is 5.32 Å². The van der Waals surface area contributed by atoms with Crippen molar-refractivity contribution < 1.29 is 9.18 Å². The number of rotatable bonds is 6. The molecule has 1 aliphatic rings. The molecular formula is C19H23FN2OS. The number of halogens is 1. The van der Waals surface area contributed by atoms with Gasteiger partial charge in [0, 0.05) is 11.4 Å². The van der Waals surface area contributed by atoms with Gasteiger partial charge in [-0.05, 0) is 54.1 Å². The fourth-order valence-corrected chi connectivity index (χ4v) is 4.09. The Morgan fingerprint density at radius 3 is 2.88 bits per heavy atom. The number of unbranched alkanes of at least 4 members (excludes halogenated alkanes) is 1. The standard InChI is InChI=1S/C19H23FN2OS/c1-2-3-10-21-13-18(23)22-11-8-17-16(9-12-24-17)19(22)14-4-6-15(20)7-5-14/h4-7,9,12,19,21H,2-3,8,10-11,13H2,1H3. The maximum atomic E-state index is 13.3. The van der Waals surface area contributed by atoms with Crippen LogP contribution in [0.1, 0.15) is 41.8 Å².